The molecule has 0 unspecified atom stereocenters. The van der Waals surface area contributed by atoms with Gasteiger partial charge in [-0.3, -0.25) is 4.79 Å². The topological polar surface area (TPSA) is 87.7 Å². The molecule has 1 amide bonds. The normalized spacial score (nSPS) is 19.1. The summed E-state index contributed by atoms with van der Waals surface area (Å²) in [5, 5.41) is 16.9. The third-order valence-electron chi connectivity index (χ3n) is 3.74. The first kappa shape index (κ1) is 13.9. The molecule has 0 atom stereocenters. The summed E-state index contributed by atoms with van der Waals surface area (Å²) in [6.45, 7) is 0.497. The van der Waals surface area contributed by atoms with Crippen LogP contribution in [0, 0.1) is 5.41 Å². The molecule has 0 saturated heterocycles. The van der Waals surface area contributed by atoms with E-state index in [0.717, 1.165) is 24.1 Å². The van der Waals surface area contributed by atoms with Gasteiger partial charge < -0.3 is 16.3 Å². The minimum absolute atomic E-state index is 0.0379. The molecule has 104 valence electrons. The Bertz CT molecular complexity index is 450. The Morgan fingerprint density at radius 1 is 1.47 bits per heavy atom. The van der Waals surface area contributed by atoms with E-state index < -0.39 is 5.41 Å². The van der Waals surface area contributed by atoms with Gasteiger partial charge in [0.05, 0.1) is 6.54 Å². The monoisotopic (exact) mass is 281 g/mol. The van der Waals surface area contributed by atoms with E-state index in [2.05, 4.69) is 10.5 Å². The number of nitrogens with two attached hydrogens (primary N) is 1. The molecule has 1 heterocycles. The summed E-state index contributed by atoms with van der Waals surface area (Å²) in [6, 6.07) is 3.92. The zero-order chi connectivity index (χ0) is 13.7. The van der Waals surface area contributed by atoms with Crippen molar-refractivity contribution in [1.82, 2.24) is 5.32 Å². The number of hydrogen-bond acceptors (Lipinski definition) is 4. The molecule has 6 heteroatoms. The van der Waals surface area contributed by atoms with Gasteiger partial charge in [0.15, 0.2) is 5.84 Å². The Labute approximate surface area is 116 Å². The number of carbonyl (C=O) groups excluding carboxylic acids is 1. The van der Waals surface area contributed by atoms with Crippen LogP contribution in [0.3, 0.4) is 0 Å². The summed E-state index contributed by atoms with van der Waals surface area (Å²) >= 11 is 1.60. The van der Waals surface area contributed by atoms with Crippen molar-refractivity contribution in [2.24, 2.45) is 16.3 Å². The lowest BCUT2D eigenvalue weighted by Gasteiger charge is -2.34. The summed E-state index contributed by atoms with van der Waals surface area (Å²) in [7, 11) is 0. The second kappa shape index (κ2) is 6.06. The first-order valence-corrected chi connectivity index (χ1v) is 7.36. The molecule has 19 heavy (non-hydrogen) atoms. The highest BCUT2D eigenvalue weighted by Crippen LogP contribution is 2.36. The maximum absolute atomic E-state index is 12.4. The molecule has 1 aliphatic carbocycles. The largest absolute Gasteiger partial charge is 0.409 e. The Hall–Kier alpha value is -1.56. The van der Waals surface area contributed by atoms with Crippen molar-refractivity contribution in [2.45, 2.75) is 38.6 Å². The molecule has 1 fully saturated rings. The molecule has 4 N–H and O–H groups in total. The standard InChI is InChI=1S/C13H19N3O2S/c14-11(16-18)13(6-2-1-3-7-13)12(17)15-9-10-5-4-8-19-10/h4-5,8,18H,1-3,6-7,9H2,(H2,14,16)(H,15,17). The van der Waals surface area contributed by atoms with Crippen molar-refractivity contribution >= 4 is 23.1 Å². The number of nitrogens with one attached hydrogen (secondary N) is 1. The summed E-state index contributed by atoms with van der Waals surface area (Å²) in [4.78, 5) is 13.5. The molecule has 1 saturated carbocycles. The van der Waals surface area contributed by atoms with Gasteiger partial charge in [-0.05, 0) is 24.3 Å². The van der Waals surface area contributed by atoms with Crippen LogP contribution in [0.2, 0.25) is 0 Å². The molecule has 2 rings (SSSR count). The maximum atomic E-state index is 12.4. The van der Waals surface area contributed by atoms with Crippen molar-refractivity contribution in [3.63, 3.8) is 0 Å². The number of amides is 1. The second-order valence-electron chi connectivity index (χ2n) is 4.89. The van der Waals surface area contributed by atoms with E-state index in [1.54, 1.807) is 11.3 Å². The summed E-state index contributed by atoms with van der Waals surface area (Å²) in [5.74, 6) is -0.0909. The zero-order valence-electron chi connectivity index (χ0n) is 10.8. The molecular weight excluding hydrogens is 262 g/mol. The van der Waals surface area contributed by atoms with Crippen LogP contribution in [0.15, 0.2) is 22.7 Å². The van der Waals surface area contributed by atoms with E-state index in [4.69, 9.17) is 10.9 Å². The van der Waals surface area contributed by atoms with Gasteiger partial charge in [-0.25, -0.2) is 0 Å². The number of nitrogens with zero attached hydrogens (tertiary/aromatic N) is 1. The van der Waals surface area contributed by atoms with Gasteiger partial charge >= 0.3 is 0 Å². The summed E-state index contributed by atoms with van der Waals surface area (Å²) < 4.78 is 0. The Kier molecular flexibility index (Phi) is 4.42. The maximum Gasteiger partial charge on any atom is 0.234 e. The van der Waals surface area contributed by atoms with Crippen LogP contribution in [-0.2, 0) is 11.3 Å². The van der Waals surface area contributed by atoms with Crippen molar-refractivity contribution in [3.8, 4) is 0 Å². The first-order valence-electron chi connectivity index (χ1n) is 6.48. The predicted molar refractivity (Wildman–Crippen MR) is 75.1 cm³/mol. The third-order valence-corrected chi connectivity index (χ3v) is 4.62. The molecular formula is C13H19N3O2S. The van der Waals surface area contributed by atoms with Crippen molar-refractivity contribution in [2.75, 3.05) is 0 Å². The SMILES string of the molecule is NC(=NO)C1(C(=O)NCc2cccs2)CCCCC1. The minimum atomic E-state index is -0.829. The van der Waals surface area contributed by atoms with Gasteiger partial charge in [0.2, 0.25) is 5.91 Å². The average molecular weight is 281 g/mol. The van der Waals surface area contributed by atoms with Crippen LogP contribution in [-0.4, -0.2) is 17.0 Å². The fourth-order valence-electron chi connectivity index (χ4n) is 2.60. The third kappa shape index (κ3) is 2.89. The minimum Gasteiger partial charge on any atom is -0.409 e. The Morgan fingerprint density at radius 3 is 2.79 bits per heavy atom. The number of hydrogen-bond donors (Lipinski definition) is 3. The molecule has 1 aromatic heterocycles. The smallest absolute Gasteiger partial charge is 0.234 e. The molecule has 0 spiro atoms. The van der Waals surface area contributed by atoms with E-state index in [1.165, 1.54) is 0 Å². The van der Waals surface area contributed by atoms with Crippen molar-refractivity contribution in [1.29, 1.82) is 0 Å². The fraction of sp³-hybridized carbons (Fsp3) is 0.538. The van der Waals surface area contributed by atoms with E-state index in [1.807, 2.05) is 17.5 Å². The fourth-order valence-corrected chi connectivity index (χ4v) is 3.24. The van der Waals surface area contributed by atoms with E-state index in [-0.39, 0.29) is 11.7 Å². The molecule has 0 bridgehead atoms. The number of amidine groups is 1. The van der Waals surface area contributed by atoms with Crippen LogP contribution in [0.1, 0.15) is 37.0 Å². The second-order valence-corrected chi connectivity index (χ2v) is 5.92. The van der Waals surface area contributed by atoms with Crippen LogP contribution < -0.4 is 11.1 Å². The molecule has 0 radical (unpaired) electrons. The number of oxime groups is 1. The van der Waals surface area contributed by atoms with Gasteiger partial charge in [-0.2, -0.15) is 0 Å². The van der Waals surface area contributed by atoms with Gasteiger partial charge in [-0.15, -0.1) is 11.3 Å². The van der Waals surface area contributed by atoms with Crippen LogP contribution in [0.4, 0.5) is 0 Å². The molecule has 0 aromatic carbocycles. The average Bonchev–Trinajstić information content (AvgIpc) is 2.97. The Balaban J connectivity index is 2.07. The predicted octanol–water partition coefficient (Wildman–Crippen LogP) is 2.06. The van der Waals surface area contributed by atoms with Crippen LogP contribution in [0.5, 0.6) is 0 Å². The highest BCUT2D eigenvalue weighted by atomic mass is 32.1. The van der Waals surface area contributed by atoms with Gasteiger partial charge in [0.1, 0.15) is 5.41 Å². The summed E-state index contributed by atoms with van der Waals surface area (Å²) in [6.07, 6.45) is 4.27. The Morgan fingerprint density at radius 2 is 2.21 bits per heavy atom. The number of thiophene rings is 1. The zero-order valence-corrected chi connectivity index (χ0v) is 11.6. The highest BCUT2D eigenvalue weighted by Gasteiger charge is 2.43. The number of rotatable bonds is 4. The first-order chi connectivity index (χ1) is 9.19. The van der Waals surface area contributed by atoms with Crippen molar-refractivity contribution < 1.29 is 10.0 Å². The van der Waals surface area contributed by atoms with E-state index in [9.17, 15) is 4.79 Å². The van der Waals surface area contributed by atoms with Crippen molar-refractivity contribution in [3.05, 3.63) is 22.4 Å². The van der Waals surface area contributed by atoms with Gasteiger partial charge in [-0.1, -0.05) is 30.5 Å². The number of carbonyl (C=O) groups is 1. The molecule has 1 aromatic rings. The summed E-state index contributed by atoms with van der Waals surface area (Å²) in [5.41, 5.74) is 4.95. The van der Waals surface area contributed by atoms with E-state index >= 15 is 0 Å². The van der Waals surface area contributed by atoms with Gasteiger partial charge in [0.25, 0.3) is 0 Å². The van der Waals surface area contributed by atoms with Gasteiger partial charge in [0, 0.05) is 4.88 Å². The highest BCUT2D eigenvalue weighted by molar-refractivity contribution is 7.09. The molecule has 0 aliphatic heterocycles. The van der Waals surface area contributed by atoms with Crippen LogP contribution >= 0.6 is 11.3 Å². The lowest BCUT2D eigenvalue weighted by Crippen LogP contribution is -2.50. The van der Waals surface area contributed by atoms with E-state index in [0.29, 0.717) is 19.4 Å². The van der Waals surface area contributed by atoms with Crippen LogP contribution in [0.25, 0.3) is 0 Å². The lowest BCUT2D eigenvalue weighted by molar-refractivity contribution is -0.129. The molecule has 5 nitrogen and oxygen atoms in total. The quantitative estimate of drug-likeness (QED) is 0.341. The molecule has 1 aliphatic rings. The lowest BCUT2D eigenvalue weighted by atomic mass is 9.72.